The highest BCUT2D eigenvalue weighted by Gasteiger charge is 2.26. The molecule has 2 aliphatic heterocycles. The van der Waals surface area contributed by atoms with E-state index in [0.717, 1.165) is 18.0 Å². The largest absolute Gasteiger partial charge is 0.379 e. The van der Waals surface area contributed by atoms with Crippen LogP contribution in [-0.4, -0.2) is 64.2 Å². The predicted octanol–water partition coefficient (Wildman–Crippen LogP) is 2.52. The van der Waals surface area contributed by atoms with Crippen molar-refractivity contribution in [1.82, 2.24) is 9.73 Å². The fraction of sp³-hybridized carbons (Fsp3) is 0.429. The third-order valence-corrected chi connectivity index (χ3v) is 8.32. The fourth-order valence-corrected chi connectivity index (χ4v) is 6.03. The summed E-state index contributed by atoms with van der Waals surface area (Å²) in [6.45, 7) is 3.52. The number of hydrogen-bond donors (Lipinski definition) is 1. The molecule has 2 saturated heterocycles. The summed E-state index contributed by atoms with van der Waals surface area (Å²) >= 11 is 1.64. The molecule has 4 rings (SSSR count). The molecule has 0 aliphatic carbocycles. The molecule has 2 fully saturated rings. The standard InChI is InChI=1S/C21H26N4O4S2/c26-21(23-22-16-18-7-8-20(30-18)24-9-2-1-3-10-24)17-5-4-6-19(15-17)31(27,28)25-11-13-29-14-12-25/h4-8,15-16H,1-3,9-14H2,(H,23,26). The molecule has 0 bridgehead atoms. The first-order valence-corrected chi connectivity index (χ1v) is 12.7. The molecule has 1 aromatic heterocycles. The smallest absolute Gasteiger partial charge is 0.271 e. The van der Waals surface area contributed by atoms with Crippen LogP contribution in [0.1, 0.15) is 34.5 Å². The van der Waals surface area contributed by atoms with Gasteiger partial charge >= 0.3 is 0 Å². The molecule has 8 nitrogen and oxygen atoms in total. The number of benzene rings is 1. The van der Waals surface area contributed by atoms with Crippen LogP contribution in [0.4, 0.5) is 5.00 Å². The monoisotopic (exact) mass is 462 g/mol. The summed E-state index contributed by atoms with van der Waals surface area (Å²) in [5.74, 6) is -0.455. The normalized spacial score (nSPS) is 18.4. The minimum Gasteiger partial charge on any atom is -0.379 e. The third-order valence-electron chi connectivity index (χ3n) is 5.34. The molecule has 0 unspecified atom stereocenters. The van der Waals surface area contributed by atoms with E-state index in [0.29, 0.717) is 26.3 Å². The Morgan fingerprint density at radius 2 is 1.84 bits per heavy atom. The van der Waals surface area contributed by atoms with Crippen LogP contribution < -0.4 is 10.3 Å². The number of hydrogen-bond acceptors (Lipinski definition) is 7. The van der Waals surface area contributed by atoms with Gasteiger partial charge in [-0.15, -0.1) is 11.3 Å². The van der Waals surface area contributed by atoms with Crippen LogP contribution in [0.5, 0.6) is 0 Å². The lowest BCUT2D eigenvalue weighted by Gasteiger charge is -2.27. The molecule has 10 heteroatoms. The van der Waals surface area contributed by atoms with Crippen molar-refractivity contribution >= 4 is 38.5 Å². The Labute approximate surface area is 186 Å². The number of amides is 1. The van der Waals surface area contributed by atoms with Crippen LogP contribution in [-0.2, 0) is 14.8 Å². The Kier molecular flexibility index (Phi) is 7.01. The van der Waals surface area contributed by atoms with E-state index in [2.05, 4.69) is 21.5 Å². The molecule has 2 aliphatic rings. The number of rotatable bonds is 6. The van der Waals surface area contributed by atoms with Gasteiger partial charge in [0.05, 0.1) is 29.3 Å². The lowest BCUT2D eigenvalue weighted by molar-refractivity contribution is 0.0730. The number of anilines is 1. The Hall–Kier alpha value is -2.27. The van der Waals surface area contributed by atoms with E-state index in [1.807, 2.05) is 6.07 Å². The van der Waals surface area contributed by atoms with Crippen LogP contribution in [0.2, 0.25) is 0 Å². The number of morpholine rings is 1. The second-order valence-electron chi connectivity index (χ2n) is 7.47. The fourth-order valence-electron chi connectivity index (χ4n) is 3.65. The Morgan fingerprint density at radius 3 is 2.61 bits per heavy atom. The van der Waals surface area contributed by atoms with Crippen molar-refractivity contribution < 1.29 is 17.9 Å². The molecule has 1 amide bonds. The van der Waals surface area contributed by atoms with Crippen LogP contribution in [0, 0.1) is 0 Å². The molecule has 0 saturated carbocycles. The summed E-state index contributed by atoms with van der Waals surface area (Å²) in [6.07, 6.45) is 5.34. The Morgan fingerprint density at radius 1 is 1.06 bits per heavy atom. The molecule has 1 N–H and O–H groups in total. The number of carbonyl (C=O) groups is 1. The highest BCUT2D eigenvalue weighted by Crippen LogP contribution is 2.27. The van der Waals surface area contributed by atoms with Gasteiger partial charge in [0.1, 0.15) is 0 Å². The van der Waals surface area contributed by atoms with Crippen molar-refractivity contribution in [2.24, 2.45) is 5.10 Å². The van der Waals surface area contributed by atoms with E-state index in [1.54, 1.807) is 29.7 Å². The summed E-state index contributed by atoms with van der Waals surface area (Å²) in [6, 6.07) is 10.1. The van der Waals surface area contributed by atoms with Crippen LogP contribution in [0.15, 0.2) is 46.4 Å². The molecule has 0 atom stereocenters. The summed E-state index contributed by atoms with van der Waals surface area (Å²) in [5.41, 5.74) is 2.73. The lowest BCUT2D eigenvalue weighted by Crippen LogP contribution is -2.40. The first kappa shape index (κ1) is 21.9. The van der Waals surface area contributed by atoms with Crippen LogP contribution in [0.25, 0.3) is 0 Å². The Bertz CT molecular complexity index is 1040. The Balaban J connectivity index is 1.39. The summed E-state index contributed by atoms with van der Waals surface area (Å²) in [7, 11) is -3.66. The zero-order chi connectivity index (χ0) is 21.7. The number of ether oxygens (including phenoxy) is 1. The van der Waals surface area contributed by atoms with Gasteiger partial charge in [-0.3, -0.25) is 4.79 Å². The number of nitrogens with one attached hydrogen (secondary N) is 1. The van der Waals surface area contributed by atoms with Crippen molar-refractivity contribution in [3.05, 3.63) is 46.8 Å². The van der Waals surface area contributed by atoms with E-state index >= 15 is 0 Å². The van der Waals surface area contributed by atoms with Gasteiger partial charge < -0.3 is 9.64 Å². The number of thiophene rings is 1. The first-order valence-electron chi connectivity index (χ1n) is 10.4. The maximum atomic E-state index is 12.8. The zero-order valence-electron chi connectivity index (χ0n) is 17.2. The predicted molar refractivity (Wildman–Crippen MR) is 121 cm³/mol. The minimum atomic E-state index is -3.66. The van der Waals surface area contributed by atoms with Gasteiger partial charge in [-0.05, 0) is 49.6 Å². The number of hydrazone groups is 1. The van der Waals surface area contributed by atoms with Gasteiger partial charge in [-0.1, -0.05) is 6.07 Å². The lowest BCUT2D eigenvalue weighted by atomic mass is 10.1. The molecule has 0 radical (unpaired) electrons. The summed E-state index contributed by atoms with van der Waals surface area (Å²) < 4.78 is 32.2. The van der Waals surface area contributed by atoms with E-state index in [9.17, 15) is 13.2 Å². The number of carbonyl (C=O) groups excluding carboxylic acids is 1. The van der Waals surface area contributed by atoms with E-state index < -0.39 is 15.9 Å². The summed E-state index contributed by atoms with van der Waals surface area (Å²) in [5, 5.41) is 5.27. The zero-order valence-corrected chi connectivity index (χ0v) is 18.8. The molecule has 1 aromatic carbocycles. The molecule has 2 aromatic rings. The molecule has 0 spiro atoms. The van der Waals surface area contributed by atoms with Gasteiger partial charge in [-0.2, -0.15) is 9.41 Å². The maximum Gasteiger partial charge on any atom is 0.271 e. The van der Waals surface area contributed by atoms with Gasteiger partial charge in [0, 0.05) is 36.6 Å². The number of sulfonamides is 1. The SMILES string of the molecule is O=C(NN=Cc1ccc(N2CCCCC2)s1)c1cccc(S(=O)(=O)N2CCOCC2)c1. The highest BCUT2D eigenvalue weighted by molar-refractivity contribution is 7.89. The quantitative estimate of drug-likeness (QED) is 0.526. The summed E-state index contributed by atoms with van der Waals surface area (Å²) in [4.78, 5) is 15.9. The van der Waals surface area contributed by atoms with Gasteiger partial charge in [0.2, 0.25) is 10.0 Å². The van der Waals surface area contributed by atoms with Crippen molar-refractivity contribution in [3.63, 3.8) is 0 Å². The van der Waals surface area contributed by atoms with Crippen molar-refractivity contribution in [2.75, 3.05) is 44.3 Å². The average molecular weight is 463 g/mol. The number of nitrogens with zero attached hydrogens (tertiary/aromatic N) is 3. The van der Waals surface area contributed by atoms with Crippen LogP contribution in [0.3, 0.4) is 0 Å². The van der Waals surface area contributed by atoms with Crippen molar-refractivity contribution in [3.8, 4) is 0 Å². The van der Waals surface area contributed by atoms with E-state index in [-0.39, 0.29) is 10.5 Å². The van der Waals surface area contributed by atoms with Gasteiger partial charge in [-0.25, -0.2) is 13.8 Å². The second kappa shape index (κ2) is 9.90. The van der Waals surface area contributed by atoms with Gasteiger partial charge in [0.25, 0.3) is 5.91 Å². The third kappa shape index (κ3) is 5.32. The van der Waals surface area contributed by atoms with Crippen molar-refractivity contribution in [1.29, 1.82) is 0 Å². The molecule has 3 heterocycles. The molecular formula is C21H26N4O4S2. The number of piperidine rings is 1. The van der Waals surface area contributed by atoms with Crippen molar-refractivity contribution in [2.45, 2.75) is 24.2 Å². The first-order chi connectivity index (χ1) is 15.0. The average Bonchev–Trinajstić information content (AvgIpc) is 3.29. The van der Waals surface area contributed by atoms with Gasteiger partial charge in [0.15, 0.2) is 0 Å². The topological polar surface area (TPSA) is 91.3 Å². The molecule has 31 heavy (non-hydrogen) atoms. The molecule has 166 valence electrons. The second-order valence-corrected chi connectivity index (χ2v) is 10.5. The highest BCUT2D eigenvalue weighted by atomic mass is 32.2. The maximum absolute atomic E-state index is 12.8. The minimum absolute atomic E-state index is 0.0930. The van der Waals surface area contributed by atoms with Crippen LogP contribution >= 0.6 is 11.3 Å². The van der Waals surface area contributed by atoms with E-state index in [4.69, 9.17) is 4.74 Å². The molecular weight excluding hydrogens is 436 g/mol. The van der Waals surface area contributed by atoms with E-state index in [1.165, 1.54) is 40.7 Å².